The predicted molar refractivity (Wildman–Crippen MR) is 73.1 cm³/mol. The number of benzene rings is 1. The Morgan fingerprint density at radius 2 is 1.95 bits per heavy atom. The minimum atomic E-state index is -0.839. The third kappa shape index (κ3) is 4.77. The first-order valence-corrected chi connectivity index (χ1v) is 6.25. The first-order valence-electron chi connectivity index (χ1n) is 6.25. The normalized spacial score (nSPS) is 11.7. The Hall–Kier alpha value is -2.28. The van der Waals surface area contributed by atoms with Gasteiger partial charge in [0.25, 0.3) is 0 Å². The molecule has 2 amide bonds. The molecular formula is C13H19N3O4. The Morgan fingerprint density at radius 3 is 2.55 bits per heavy atom. The van der Waals surface area contributed by atoms with E-state index < -0.39 is 11.9 Å². The second-order valence-corrected chi connectivity index (χ2v) is 4.30. The molecule has 0 aromatic heterocycles. The number of nitrogens with two attached hydrogens (primary N) is 1. The highest BCUT2D eigenvalue weighted by atomic mass is 16.3. The van der Waals surface area contributed by atoms with E-state index in [1.54, 1.807) is 13.0 Å². The molecule has 1 rings (SSSR count). The molecular weight excluding hydrogens is 262 g/mol. The van der Waals surface area contributed by atoms with Gasteiger partial charge < -0.3 is 26.6 Å². The summed E-state index contributed by atoms with van der Waals surface area (Å²) in [5.74, 6) is -1.24. The maximum Gasteiger partial charge on any atom is 0.239 e. The van der Waals surface area contributed by atoms with Gasteiger partial charge in [0.05, 0.1) is 12.6 Å². The van der Waals surface area contributed by atoms with Gasteiger partial charge in [0.1, 0.15) is 0 Å². The molecule has 0 saturated carbocycles. The lowest BCUT2D eigenvalue weighted by molar-refractivity contribution is -0.126. The Bertz CT molecular complexity index is 491. The molecule has 20 heavy (non-hydrogen) atoms. The molecule has 0 heterocycles. The van der Waals surface area contributed by atoms with Gasteiger partial charge in [0, 0.05) is 6.54 Å². The van der Waals surface area contributed by atoms with Crippen molar-refractivity contribution in [3.8, 4) is 11.5 Å². The number of hydrogen-bond donors (Lipinski definition) is 5. The van der Waals surface area contributed by atoms with Crippen LogP contribution in [0, 0.1) is 0 Å². The van der Waals surface area contributed by atoms with Crippen LogP contribution in [0.3, 0.4) is 0 Å². The monoisotopic (exact) mass is 281 g/mol. The van der Waals surface area contributed by atoms with Crippen molar-refractivity contribution in [2.45, 2.75) is 19.4 Å². The predicted octanol–water partition coefficient (Wildman–Crippen LogP) is -0.780. The molecule has 0 saturated heterocycles. The largest absolute Gasteiger partial charge is 0.504 e. The molecule has 0 unspecified atom stereocenters. The topological polar surface area (TPSA) is 125 Å². The highest BCUT2D eigenvalue weighted by Gasteiger charge is 2.15. The van der Waals surface area contributed by atoms with Gasteiger partial charge in [0.2, 0.25) is 11.8 Å². The first kappa shape index (κ1) is 15.8. The van der Waals surface area contributed by atoms with E-state index >= 15 is 0 Å². The summed E-state index contributed by atoms with van der Waals surface area (Å²) in [4.78, 5) is 22.9. The van der Waals surface area contributed by atoms with Crippen molar-refractivity contribution in [2.24, 2.45) is 5.73 Å². The number of likely N-dealkylation sites (N-methyl/N-ethyl adjacent to an activating group) is 1. The quantitative estimate of drug-likeness (QED) is 0.437. The minimum Gasteiger partial charge on any atom is -0.504 e. The SMILES string of the molecule is CCNC(=O)CNC(=O)[C@@H](N)Cc1ccc(O)c(O)c1. The van der Waals surface area contributed by atoms with Crippen LogP contribution in [0.1, 0.15) is 12.5 Å². The number of rotatable bonds is 6. The van der Waals surface area contributed by atoms with Crippen molar-refractivity contribution >= 4 is 11.8 Å². The molecule has 6 N–H and O–H groups in total. The summed E-state index contributed by atoms with van der Waals surface area (Å²) in [6, 6.07) is 3.38. The third-order valence-electron chi connectivity index (χ3n) is 2.63. The summed E-state index contributed by atoms with van der Waals surface area (Å²) in [6.07, 6.45) is 0.190. The zero-order valence-corrected chi connectivity index (χ0v) is 11.2. The second-order valence-electron chi connectivity index (χ2n) is 4.30. The van der Waals surface area contributed by atoms with Gasteiger partial charge in [-0.2, -0.15) is 0 Å². The standard InChI is InChI=1S/C13H19N3O4/c1-2-15-12(19)7-16-13(20)9(14)5-8-3-4-10(17)11(18)6-8/h3-4,6,9,17-18H,2,5,7,14H2,1H3,(H,15,19)(H,16,20)/t9-/m0/s1. The molecule has 0 fully saturated rings. The Labute approximate surface area is 116 Å². The Kier molecular flexibility index (Phi) is 5.79. The van der Waals surface area contributed by atoms with Crippen molar-refractivity contribution < 1.29 is 19.8 Å². The van der Waals surface area contributed by atoms with Crippen LogP contribution in [-0.2, 0) is 16.0 Å². The second kappa shape index (κ2) is 7.34. The molecule has 0 aliphatic heterocycles. The van der Waals surface area contributed by atoms with E-state index in [9.17, 15) is 19.8 Å². The lowest BCUT2D eigenvalue weighted by atomic mass is 10.1. The molecule has 0 spiro atoms. The summed E-state index contributed by atoms with van der Waals surface area (Å²) in [7, 11) is 0. The average molecular weight is 281 g/mol. The number of carbonyl (C=O) groups excluding carboxylic acids is 2. The third-order valence-corrected chi connectivity index (χ3v) is 2.63. The van der Waals surface area contributed by atoms with Crippen LogP contribution in [0.4, 0.5) is 0 Å². The van der Waals surface area contributed by atoms with E-state index in [2.05, 4.69) is 10.6 Å². The fraction of sp³-hybridized carbons (Fsp3) is 0.385. The zero-order valence-electron chi connectivity index (χ0n) is 11.2. The van der Waals surface area contributed by atoms with Crippen LogP contribution in [0.15, 0.2) is 18.2 Å². The fourth-order valence-corrected chi connectivity index (χ4v) is 1.60. The molecule has 1 atom stereocenters. The number of amides is 2. The number of aromatic hydroxyl groups is 2. The number of hydrogen-bond acceptors (Lipinski definition) is 5. The van der Waals surface area contributed by atoms with Crippen molar-refractivity contribution in [1.82, 2.24) is 10.6 Å². The molecule has 0 bridgehead atoms. The van der Waals surface area contributed by atoms with Crippen molar-refractivity contribution in [2.75, 3.05) is 13.1 Å². The molecule has 1 aromatic carbocycles. The maximum atomic E-state index is 11.7. The van der Waals surface area contributed by atoms with Gasteiger partial charge >= 0.3 is 0 Å². The highest BCUT2D eigenvalue weighted by Crippen LogP contribution is 2.25. The molecule has 0 aliphatic carbocycles. The van der Waals surface area contributed by atoms with Crippen LogP contribution in [-0.4, -0.2) is 41.2 Å². The van der Waals surface area contributed by atoms with Gasteiger partial charge in [-0.05, 0) is 31.0 Å². The van der Waals surface area contributed by atoms with Gasteiger partial charge in [-0.25, -0.2) is 0 Å². The molecule has 7 nitrogen and oxygen atoms in total. The van der Waals surface area contributed by atoms with Crippen LogP contribution >= 0.6 is 0 Å². The molecule has 7 heteroatoms. The average Bonchev–Trinajstić information content (AvgIpc) is 2.40. The van der Waals surface area contributed by atoms with Gasteiger partial charge in [-0.15, -0.1) is 0 Å². The van der Waals surface area contributed by atoms with E-state index in [1.165, 1.54) is 12.1 Å². The van der Waals surface area contributed by atoms with Crippen molar-refractivity contribution in [1.29, 1.82) is 0 Å². The summed E-state index contributed by atoms with van der Waals surface area (Å²) in [6.45, 7) is 2.15. The van der Waals surface area contributed by atoms with Gasteiger partial charge in [0.15, 0.2) is 11.5 Å². The first-order chi connectivity index (χ1) is 9.43. The maximum absolute atomic E-state index is 11.7. The number of nitrogens with one attached hydrogen (secondary N) is 2. The van der Waals surface area contributed by atoms with Gasteiger partial charge in [-0.1, -0.05) is 6.07 Å². The lowest BCUT2D eigenvalue weighted by Crippen LogP contribution is -2.45. The van der Waals surface area contributed by atoms with E-state index in [1.807, 2.05) is 0 Å². The zero-order chi connectivity index (χ0) is 15.1. The van der Waals surface area contributed by atoms with E-state index in [4.69, 9.17) is 5.73 Å². The highest BCUT2D eigenvalue weighted by molar-refractivity contribution is 5.87. The van der Waals surface area contributed by atoms with E-state index in [0.717, 1.165) is 0 Å². The Morgan fingerprint density at radius 1 is 1.25 bits per heavy atom. The van der Waals surface area contributed by atoms with Gasteiger partial charge in [-0.3, -0.25) is 9.59 Å². The molecule has 0 radical (unpaired) electrons. The summed E-state index contributed by atoms with van der Waals surface area (Å²) < 4.78 is 0. The molecule has 110 valence electrons. The summed E-state index contributed by atoms with van der Waals surface area (Å²) >= 11 is 0. The van der Waals surface area contributed by atoms with E-state index in [-0.39, 0.29) is 30.4 Å². The number of phenols is 2. The Balaban J connectivity index is 2.48. The van der Waals surface area contributed by atoms with Crippen molar-refractivity contribution in [3.63, 3.8) is 0 Å². The van der Waals surface area contributed by atoms with Crippen LogP contribution < -0.4 is 16.4 Å². The number of phenolic OH excluding ortho intramolecular Hbond substituents is 2. The minimum absolute atomic E-state index is 0.124. The summed E-state index contributed by atoms with van der Waals surface area (Å²) in [5.41, 5.74) is 6.32. The number of carbonyl (C=O) groups is 2. The summed E-state index contributed by atoms with van der Waals surface area (Å²) in [5, 5.41) is 23.5. The van der Waals surface area contributed by atoms with Crippen LogP contribution in [0.2, 0.25) is 0 Å². The van der Waals surface area contributed by atoms with E-state index in [0.29, 0.717) is 12.1 Å². The lowest BCUT2D eigenvalue weighted by Gasteiger charge is -2.12. The van der Waals surface area contributed by atoms with Crippen LogP contribution in [0.5, 0.6) is 11.5 Å². The van der Waals surface area contributed by atoms with Crippen molar-refractivity contribution in [3.05, 3.63) is 23.8 Å². The van der Waals surface area contributed by atoms with Crippen LogP contribution in [0.25, 0.3) is 0 Å². The fourth-order valence-electron chi connectivity index (χ4n) is 1.60. The molecule has 1 aromatic rings. The molecule has 0 aliphatic rings. The smallest absolute Gasteiger partial charge is 0.239 e.